The Labute approximate surface area is 123 Å². The maximum atomic E-state index is 6.42. The van der Waals surface area contributed by atoms with Gasteiger partial charge in [0.05, 0.1) is 11.2 Å². The molecule has 1 saturated heterocycles. The van der Waals surface area contributed by atoms with Gasteiger partial charge in [0.2, 0.25) is 0 Å². The Kier molecular flexibility index (Phi) is 4.24. The number of ether oxygens (including phenoxy) is 1. The average molecular weight is 276 g/mol. The summed E-state index contributed by atoms with van der Waals surface area (Å²) in [5.41, 5.74) is 7.33. The van der Waals surface area contributed by atoms with Crippen LogP contribution in [0.5, 0.6) is 0 Å². The van der Waals surface area contributed by atoms with Gasteiger partial charge in [-0.15, -0.1) is 0 Å². The van der Waals surface area contributed by atoms with E-state index in [1.54, 1.807) is 0 Å². The van der Waals surface area contributed by atoms with Gasteiger partial charge in [0.15, 0.2) is 0 Å². The van der Waals surface area contributed by atoms with E-state index in [1.165, 1.54) is 5.56 Å². The van der Waals surface area contributed by atoms with Crippen LogP contribution in [-0.2, 0) is 11.3 Å². The molecule has 2 rings (SSSR count). The van der Waals surface area contributed by atoms with E-state index >= 15 is 0 Å². The van der Waals surface area contributed by atoms with E-state index in [0.29, 0.717) is 5.92 Å². The summed E-state index contributed by atoms with van der Waals surface area (Å²) >= 11 is 0. The maximum absolute atomic E-state index is 6.42. The van der Waals surface area contributed by atoms with Gasteiger partial charge in [0.1, 0.15) is 0 Å². The van der Waals surface area contributed by atoms with E-state index in [-0.39, 0.29) is 17.2 Å². The molecular weight excluding hydrogens is 248 g/mol. The van der Waals surface area contributed by atoms with Crippen LogP contribution in [0.15, 0.2) is 30.3 Å². The summed E-state index contributed by atoms with van der Waals surface area (Å²) < 4.78 is 6.16. The van der Waals surface area contributed by atoms with Crippen molar-refractivity contribution < 1.29 is 4.74 Å². The Morgan fingerprint density at radius 2 is 1.70 bits per heavy atom. The van der Waals surface area contributed by atoms with E-state index in [9.17, 15) is 0 Å². The minimum Gasteiger partial charge on any atom is -0.368 e. The number of nitrogens with zero attached hydrogens (tertiary/aromatic N) is 1. The lowest BCUT2D eigenvalue weighted by molar-refractivity contribution is -0.0782. The lowest BCUT2D eigenvalue weighted by Crippen LogP contribution is -2.47. The minimum absolute atomic E-state index is 0.0655. The molecule has 112 valence electrons. The van der Waals surface area contributed by atoms with Crippen molar-refractivity contribution in [2.24, 2.45) is 11.7 Å². The molecule has 2 unspecified atom stereocenters. The van der Waals surface area contributed by atoms with Gasteiger partial charge in [-0.05, 0) is 40.3 Å². The van der Waals surface area contributed by atoms with Gasteiger partial charge in [-0.3, -0.25) is 0 Å². The minimum atomic E-state index is -0.248. The van der Waals surface area contributed by atoms with Crippen molar-refractivity contribution in [1.82, 2.24) is 4.90 Å². The van der Waals surface area contributed by atoms with Gasteiger partial charge >= 0.3 is 0 Å². The molecule has 0 aliphatic carbocycles. The first-order valence-electron chi connectivity index (χ1n) is 7.40. The van der Waals surface area contributed by atoms with Crippen molar-refractivity contribution in [3.63, 3.8) is 0 Å². The molecule has 1 fully saturated rings. The number of hydrogen-bond donors (Lipinski definition) is 1. The zero-order valence-corrected chi connectivity index (χ0v) is 13.4. The summed E-state index contributed by atoms with van der Waals surface area (Å²) in [6.07, 6.45) is 0. The highest BCUT2D eigenvalue weighted by Crippen LogP contribution is 2.41. The number of hydrogen-bond acceptors (Lipinski definition) is 3. The largest absolute Gasteiger partial charge is 0.368 e. The van der Waals surface area contributed by atoms with Gasteiger partial charge in [0.25, 0.3) is 0 Å². The SMILES string of the molecule is CN(Cc1ccccc1)CC1C(N)C(C)(C)OC1(C)C. The predicted molar refractivity (Wildman–Crippen MR) is 83.5 cm³/mol. The molecule has 20 heavy (non-hydrogen) atoms. The lowest BCUT2D eigenvalue weighted by Gasteiger charge is -2.31. The van der Waals surface area contributed by atoms with Crippen LogP contribution >= 0.6 is 0 Å². The second-order valence-electron chi connectivity index (χ2n) is 7.12. The van der Waals surface area contributed by atoms with E-state index in [4.69, 9.17) is 10.5 Å². The molecule has 0 radical (unpaired) electrons. The Balaban J connectivity index is 2.02. The Hall–Kier alpha value is -0.900. The third kappa shape index (κ3) is 3.22. The summed E-state index contributed by atoms with van der Waals surface area (Å²) in [5, 5.41) is 0. The molecule has 2 N–H and O–H groups in total. The predicted octanol–water partition coefficient (Wildman–Crippen LogP) is 2.65. The van der Waals surface area contributed by atoms with Crippen LogP contribution < -0.4 is 5.73 Å². The van der Waals surface area contributed by atoms with Crippen LogP contribution in [0.2, 0.25) is 0 Å². The summed E-state index contributed by atoms with van der Waals surface area (Å²) in [4.78, 5) is 2.34. The lowest BCUT2D eigenvalue weighted by atomic mass is 9.83. The van der Waals surface area contributed by atoms with Crippen molar-refractivity contribution in [2.45, 2.75) is 51.5 Å². The number of nitrogens with two attached hydrogens (primary N) is 1. The smallest absolute Gasteiger partial charge is 0.0788 e. The molecule has 1 aromatic carbocycles. The van der Waals surface area contributed by atoms with E-state index < -0.39 is 0 Å². The van der Waals surface area contributed by atoms with Crippen LogP contribution in [0.4, 0.5) is 0 Å². The van der Waals surface area contributed by atoms with Crippen LogP contribution in [-0.4, -0.2) is 35.7 Å². The van der Waals surface area contributed by atoms with Gasteiger partial charge in [0, 0.05) is 25.0 Å². The molecule has 0 saturated carbocycles. The van der Waals surface area contributed by atoms with Gasteiger partial charge < -0.3 is 15.4 Å². The van der Waals surface area contributed by atoms with Gasteiger partial charge in [-0.2, -0.15) is 0 Å². The highest BCUT2D eigenvalue weighted by atomic mass is 16.5. The summed E-state index contributed by atoms with van der Waals surface area (Å²) in [6.45, 7) is 10.4. The van der Waals surface area contributed by atoms with Crippen molar-refractivity contribution in [3.05, 3.63) is 35.9 Å². The Morgan fingerprint density at radius 1 is 1.10 bits per heavy atom. The third-order valence-electron chi connectivity index (χ3n) is 4.46. The zero-order chi connectivity index (χ0) is 15.0. The quantitative estimate of drug-likeness (QED) is 0.919. The van der Waals surface area contributed by atoms with Crippen molar-refractivity contribution in [1.29, 1.82) is 0 Å². The first-order valence-corrected chi connectivity index (χ1v) is 7.40. The highest BCUT2D eigenvalue weighted by Gasteiger charge is 2.52. The Bertz CT molecular complexity index is 442. The number of benzene rings is 1. The standard InChI is InChI=1S/C17H28N2O/c1-16(2)14(15(18)17(3,4)20-16)12-19(5)11-13-9-7-6-8-10-13/h6-10,14-15H,11-12,18H2,1-5H3. The molecule has 0 aromatic heterocycles. The van der Waals surface area contributed by atoms with Gasteiger partial charge in [-0.25, -0.2) is 0 Å². The monoisotopic (exact) mass is 276 g/mol. The van der Waals surface area contributed by atoms with Crippen molar-refractivity contribution in [3.8, 4) is 0 Å². The molecule has 0 spiro atoms. The molecule has 1 heterocycles. The number of rotatable bonds is 4. The first kappa shape index (κ1) is 15.5. The second kappa shape index (κ2) is 5.47. The fraction of sp³-hybridized carbons (Fsp3) is 0.647. The molecule has 0 amide bonds. The molecular formula is C17H28N2O. The molecule has 1 aromatic rings. The van der Waals surface area contributed by atoms with Crippen LogP contribution in [0.3, 0.4) is 0 Å². The summed E-state index contributed by atoms with van der Waals surface area (Å²) in [7, 11) is 2.15. The van der Waals surface area contributed by atoms with E-state index in [2.05, 4.69) is 70.0 Å². The first-order chi connectivity index (χ1) is 9.22. The van der Waals surface area contributed by atoms with Crippen molar-refractivity contribution in [2.75, 3.05) is 13.6 Å². The molecule has 3 heteroatoms. The Morgan fingerprint density at radius 3 is 2.20 bits per heavy atom. The molecule has 3 nitrogen and oxygen atoms in total. The molecule has 1 aliphatic heterocycles. The summed E-state index contributed by atoms with van der Waals surface area (Å²) in [6, 6.07) is 10.6. The third-order valence-corrected chi connectivity index (χ3v) is 4.46. The van der Waals surface area contributed by atoms with E-state index in [1.807, 2.05) is 0 Å². The fourth-order valence-electron chi connectivity index (χ4n) is 3.37. The van der Waals surface area contributed by atoms with Gasteiger partial charge in [-0.1, -0.05) is 30.3 Å². The highest BCUT2D eigenvalue weighted by molar-refractivity contribution is 5.14. The zero-order valence-electron chi connectivity index (χ0n) is 13.4. The molecule has 2 atom stereocenters. The van der Waals surface area contributed by atoms with Crippen LogP contribution in [0, 0.1) is 5.92 Å². The van der Waals surface area contributed by atoms with Crippen molar-refractivity contribution >= 4 is 0 Å². The molecule has 1 aliphatic rings. The molecule has 0 bridgehead atoms. The van der Waals surface area contributed by atoms with E-state index in [0.717, 1.165) is 13.1 Å². The average Bonchev–Trinajstić information content (AvgIpc) is 2.49. The van der Waals surface area contributed by atoms with Crippen LogP contribution in [0.25, 0.3) is 0 Å². The topological polar surface area (TPSA) is 38.5 Å². The fourth-order valence-corrected chi connectivity index (χ4v) is 3.37. The second-order valence-corrected chi connectivity index (χ2v) is 7.12. The van der Waals surface area contributed by atoms with Crippen LogP contribution in [0.1, 0.15) is 33.3 Å². The normalized spacial score (nSPS) is 27.9. The maximum Gasteiger partial charge on any atom is 0.0788 e. The summed E-state index contributed by atoms with van der Waals surface area (Å²) in [5.74, 6) is 0.339.